The van der Waals surface area contributed by atoms with Gasteiger partial charge >= 0.3 is 0 Å². The molecule has 25 heavy (non-hydrogen) atoms. The van der Waals surface area contributed by atoms with Gasteiger partial charge in [-0.2, -0.15) is 0 Å². The number of carbonyl (C=O) groups is 1. The third kappa shape index (κ3) is 3.61. The summed E-state index contributed by atoms with van der Waals surface area (Å²) in [4.78, 5) is 19.6. The van der Waals surface area contributed by atoms with Gasteiger partial charge in [-0.05, 0) is 55.2 Å². The van der Waals surface area contributed by atoms with Crippen LogP contribution in [-0.4, -0.2) is 15.9 Å². The average Bonchev–Trinajstić information content (AvgIpc) is 3.36. The van der Waals surface area contributed by atoms with Gasteiger partial charge in [0.15, 0.2) is 0 Å². The largest absolute Gasteiger partial charge is 0.352 e. The molecule has 3 N–H and O–H groups in total. The Morgan fingerprint density at radius 2 is 2.12 bits per heavy atom. The number of hydrogen-bond acceptors (Lipinski definition) is 3. The first-order valence-corrected chi connectivity index (χ1v) is 8.76. The lowest BCUT2D eigenvalue weighted by atomic mass is 10.2. The zero-order valence-corrected chi connectivity index (χ0v) is 14.7. The Labute approximate surface area is 150 Å². The van der Waals surface area contributed by atoms with Crippen molar-refractivity contribution >= 4 is 40.2 Å². The summed E-state index contributed by atoms with van der Waals surface area (Å²) >= 11 is 6.30. The molecule has 1 aliphatic carbocycles. The predicted octanol–water partition coefficient (Wildman–Crippen LogP) is 4.29. The van der Waals surface area contributed by atoms with Crippen molar-refractivity contribution < 1.29 is 4.79 Å². The molecule has 1 fully saturated rings. The van der Waals surface area contributed by atoms with Crippen molar-refractivity contribution in [3.8, 4) is 0 Å². The number of halogens is 1. The van der Waals surface area contributed by atoms with Crippen molar-refractivity contribution in [1.82, 2.24) is 15.3 Å². The number of fused-ring (bicyclic) bond motifs is 1. The van der Waals surface area contributed by atoms with Crippen molar-refractivity contribution in [3.05, 3.63) is 52.5 Å². The number of nitrogens with one attached hydrogen (secondary N) is 3. The Hall–Kier alpha value is -2.53. The minimum absolute atomic E-state index is 0.136. The first-order chi connectivity index (χ1) is 12.1. The van der Waals surface area contributed by atoms with Crippen LogP contribution < -0.4 is 10.6 Å². The van der Waals surface area contributed by atoms with E-state index in [1.165, 1.54) is 5.56 Å². The highest BCUT2D eigenvalue weighted by atomic mass is 35.5. The fraction of sp³-hybridized carbons (Fsp3) is 0.263. The molecule has 6 heteroatoms. The van der Waals surface area contributed by atoms with Crippen molar-refractivity contribution in [2.45, 2.75) is 26.3 Å². The molecule has 0 spiro atoms. The number of rotatable bonds is 5. The molecule has 1 aliphatic rings. The van der Waals surface area contributed by atoms with Gasteiger partial charge in [0.25, 0.3) is 0 Å². The van der Waals surface area contributed by atoms with E-state index in [0.717, 1.165) is 35.1 Å². The van der Waals surface area contributed by atoms with Gasteiger partial charge < -0.3 is 15.6 Å². The van der Waals surface area contributed by atoms with Crippen LogP contribution >= 0.6 is 11.6 Å². The minimum Gasteiger partial charge on any atom is -0.352 e. The number of aromatic amines is 1. The van der Waals surface area contributed by atoms with Gasteiger partial charge in [0.1, 0.15) is 0 Å². The van der Waals surface area contributed by atoms with Crippen molar-refractivity contribution in [2.75, 3.05) is 5.32 Å². The van der Waals surface area contributed by atoms with Crippen molar-refractivity contribution in [3.63, 3.8) is 0 Å². The Kier molecular flexibility index (Phi) is 4.09. The lowest BCUT2D eigenvalue weighted by Crippen LogP contribution is -2.24. The van der Waals surface area contributed by atoms with Gasteiger partial charge in [0.05, 0.1) is 21.7 Å². The third-order valence-corrected chi connectivity index (χ3v) is 4.67. The Bertz CT molecular complexity index is 946. The summed E-state index contributed by atoms with van der Waals surface area (Å²) in [5, 5.41) is 6.80. The van der Waals surface area contributed by atoms with Crippen LogP contribution in [0.25, 0.3) is 11.0 Å². The van der Waals surface area contributed by atoms with Crippen LogP contribution in [0.2, 0.25) is 5.02 Å². The normalized spacial score (nSPS) is 13.8. The molecule has 2 aromatic carbocycles. The maximum Gasteiger partial charge on any atom is 0.223 e. The molecule has 4 rings (SSSR count). The van der Waals surface area contributed by atoms with Gasteiger partial charge in [0, 0.05) is 12.5 Å². The molecular weight excluding hydrogens is 336 g/mol. The van der Waals surface area contributed by atoms with E-state index in [-0.39, 0.29) is 11.8 Å². The van der Waals surface area contributed by atoms with E-state index in [2.05, 4.69) is 26.7 Å². The summed E-state index contributed by atoms with van der Waals surface area (Å²) in [6.07, 6.45) is 2.01. The predicted molar refractivity (Wildman–Crippen MR) is 100 cm³/mol. The smallest absolute Gasteiger partial charge is 0.223 e. The van der Waals surface area contributed by atoms with Crippen molar-refractivity contribution in [2.24, 2.45) is 5.92 Å². The second kappa shape index (κ2) is 6.41. The van der Waals surface area contributed by atoms with Crippen LogP contribution in [0, 0.1) is 12.8 Å². The molecule has 0 saturated heterocycles. The fourth-order valence-corrected chi connectivity index (χ4v) is 2.93. The summed E-state index contributed by atoms with van der Waals surface area (Å²) in [6, 6.07) is 11.8. The van der Waals surface area contributed by atoms with E-state index in [9.17, 15) is 4.79 Å². The first kappa shape index (κ1) is 16.0. The molecule has 0 aliphatic heterocycles. The molecule has 1 saturated carbocycles. The highest BCUT2D eigenvalue weighted by Crippen LogP contribution is 2.29. The van der Waals surface area contributed by atoms with Gasteiger partial charge in [-0.3, -0.25) is 4.79 Å². The summed E-state index contributed by atoms with van der Waals surface area (Å²) in [5.41, 5.74) is 4.81. The van der Waals surface area contributed by atoms with Gasteiger partial charge in [-0.15, -0.1) is 0 Å². The van der Waals surface area contributed by atoms with E-state index >= 15 is 0 Å². The highest BCUT2D eigenvalue weighted by Gasteiger charge is 2.29. The van der Waals surface area contributed by atoms with Gasteiger partial charge in [-0.25, -0.2) is 4.98 Å². The summed E-state index contributed by atoms with van der Waals surface area (Å²) < 4.78 is 0. The molecule has 128 valence electrons. The average molecular weight is 355 g/mol. The number of benzene rings is 2. The van der Waals surface area contributed by atoms with E-state index in [1.54, 1.807) is 0 Å². The van der Waals surface area contributed by atoms with Crippen LogP contribution in [0.15, 0.2) is 36.4 Å². The number of imidazole rings is 1. The molecule has 0 unspecified atom stereocenters. The summed E-state index contributed by atoms with van der Waals surface area (Å²) in [5.74, 6) is 0.989. The number of carbonyl (C=O) groups excluding carboxylic acids is 1. The molecular formula is C19H19ClN4O. The van der Waals surface area contributed by atoms with Crippen molar-refractivity contribution in [1.29, 1.82) is 0 Å². The molecule has 5 nitrogen and oxygen atoms in total. The number of hydrogen-bond donors (Lipinski definition) is 3. The van der Waals surface area contributed by atoms with Crippen LogP contribution in [0.3, 0.4) is 0 Å². The maximum atomic E-state index is 11.8. The molecule has 0 atom stereocenters. The zero-order valence-electron chi connectivity index (χ0n) is 13.9. The summed E-state index contributed by atoms with van der Waals surface area (Å²) in [7, 11) is 0. The Morgan fingerprint density at radius 1 is 1.28 bits per heavy atom. The number of aromatic nitrogens is 2. The molecule has 3 aromatic rings. The zero-order chi connectivity index (χ0) is 17.4. The number of H-pyrrole nitrogens is 1. The van der Waals surface area contributed by atoms with E-state index < -0.39 is 0 Å². The highest BCUT2D eigenvalue weighted by molar-refractivity contribution is 6.33. The lowest BCUT2D eigenvalue weighted by Gasteiger charge is -2.09. The second-order valence-electron chi connectivity index (χ2n) is 6.54. The molecule has 0 radical (unpaired) electrons. The van der Waals surface area contributed by atoms with Crippen LogP contribution in [0.4, 0.5) is 11.6 Å². The van der Waals surface area contributed by atoms with Gasteiger partial charge in [-0.1, -0.05) is 23.7 Å². The standard InChI is InChI=1S/C19H19ClN4O/c1-11-2-7-15-17(8-11)24-19(22-15)23-16-9-12(3-6-14(16)20)10-21-18(25)13-4-5-13/h2-3,6-9,13H,4-5,10H2,1H3,(H,21,25)(H2,22,23,24). The number of anilines is 2. The number of nitrogens with zero attached hydrogens (tertiary/aromatic N) is 1. The Balaban J connectivity index is 1.51. The van der Waals surface area contributed by atoms with Crippen LogP contribution in [0.1, 0.15) is 24.0 Å². The quantitative estimate of drug-likeness (QED) is 0.640. The number of aryl methyl sites for hydroxylation is 1. The topological polar surface area (TPSA) is 69.8 Å². The Morgan fingerprint density at radius 3 is 2.92 bits per heavy atom. The monoisotopic (exact) mass is 354 g/mol. The number of amides is 1. The molecule has 1 amide bonds. The van der Waals surface area contributed by atoms with E-state index in [0.29, 0.717) is 17.5 Å². The third-order valence-electron chi connectivity index (χ3n) is 4.34. The molecule has 0 bridgehead atoms. The van der Waals surface area contributed by atoms with Crippen LogP contribution in [-0.2, 0) is 11.3 Å². The first-order valence-electron chi connectivity index (χ1n) is 8.38. The minimum atomic E-state index is 0.136. The summed E-state index contributed by atoms with van der Waals surface area (Å²) in [6.45, 7) is 2.55. The van der Waals surface area contributed by atoms with E-state index in [4.69, 9.17) is 11.6 Å². The fourth-order valence-electron chi connectivity index (χ4n) is 2.77. The maximum absolute atomic E-state index is 11.8. The molecule has 1 aromatic heterocycles. The van der Waals surface area contributed by atoms with Crippen LogP contribution in [0.5, 0.6) is 0 Å². The molecule has 1 heterocycles. The lowest BCUT2D eigenvalue weighted by molar-refractivity contribution is -0.122. The SMILES string of the molecule is Cc1ccc2nc(Nc3cc(CNC(=O)C4CC4)ccc3Cl)[nH]c2c1. The van der Waals surface area contributed by atoms with Gasteiger partial charge in [0.2, 0.25) is 11.9 Å². The van der Waals surface area contributed by atoms with E-state index in [1.807, 2.05) is 37.3 Å². The second-order valence-corrected chi connectivity index (χ2v) is 6.94.